The molecule has 1 N–H and O–H groups in total. The van der Waals surface area contributed by atoms with Crippen molar-refractivity contribution in [3.63, 3.8) is 0 Å². The molecule has 1 aliphatic rings. The van der Waals surface area contributed by atoms with Gasteiger partial charge in [0, 0.05) is 17.2 Å². The van der Waals surface area contributed by atoms with E-state index >= 15 is 0 Å². The standard InChI is InChI=1S/C8H8.C7H10O3.C7H12O2.C5H8O3.C5H8O2/c1-2-8-6-4-3-5-7-8;1-5(2)7(8)10-4-6-3-9-6;1-3-5-6-9-7(8)4-2;1-3-8-5(7)4(2)6;1-4(2)5(6)7-3/h2-7H,1H2;6H,1,3-4H2,2H3;4H,2-3,5-6H2,1H3;6H,2-3H2,1H3;1H2,2-3H3. The van der Waals surface area contributed by atoms with E-state index in [1.807, 2.05) is 43.3 Å². The molecule has 42 heavy (non-hydrogen) atoms. The van der Waals surface area contributed by atoms with Crippen molar-refractivity contribution in [2.75, 3.05) is 33.5 Å². The highest BCUT2D eigenvalue weighted by molar-refractivity contribution is 5.87. The number of carbonyl (C=O) groups is 4. The maximum Gasteiger partial charge on any atom is 0.372 e. The molecule has 0 bridgehead atoms. The SMILES string of the molecule is C=C(C)C(=O)OC.C=C(C)C(=O)OCC1CO1.C=C(O)C(=O)OCC.C=CC(=O)OCCCC.C=Cc1ccccc1. The van der Waals surface area contributed by atoms with E-state index in [9.17, 15) is 19.2 Å². The topological polar surface area (TPSA) is 138 Å². The lowest BCUT2D eigenvalue weighted by Crippen LogP contribution is -2.09. The Labute approximate surface area is 249 Å². The summed E-state index contributed by atoms with van der Waals surface area (Å²) in [5, 5.41) is 8.28. The van der Waals surface area contributed by atoms with Crippen LogP contribution in [-0.4, -0.2) is 68.6 Å². The molecule has 0 aliphatic carbocycles. The monoisotopic (exact) mass is 590 g/mol. The minimum Gasteiger partial charge on any atom is -0.502 e. The molecule has 0 saturated carbocycles. The number of ether oxygens (including phenoxy) is 5. The highest BCUT2D eigenvalue weighted by Gasteiger charge is 2.24. The lowest BCUT2D eigenvalue weighted by Gasteiger charge is -1.99. The van der Waals surface area contributed by atoms with Crippen molar-refractivity contribution >= 4 is 30.0 Å². The van der Waals surface area contributed by atoms with Gasteiger partial charge in [-0.1, -0.05) is 76.1 Å². The van der Waals surface area contributed by atoms with Crippen molar-refractivity contribution in [1.29, 1.82) is 0 Å². The maximum absolute atomic E-state index is 10.7. The Hall–Kier alpha value is -4.44. The molecule has 1 aromatic rings. The van der Waals surface area contributed by atoms with Gasteiger partial charge in [0.15, 0.2) is 5.76 Å². The zero-order valence-electron chi connectivity index (χ0n) is 25.5. The summed E-state index contributed by atoms with van der Waals surface area (Å²) in [5.41, 5.74) is 2.04. The number of rotatable bonds is 11. The Morgan fingerprint density at radius 3 is 1.76 bits per heavy atom. The minimum atomic E-state index is -0.757. The average molecular weight is 591 g/mol. The largest absolute Gasteiger partial charge is 0.502 e. The van der Waals surface area contributed by atoms with E-state index in [2.05, 4.69) is 47.1 Å². The predicted molar refractivity (Wildman–Crippen MR) is 163 cm³/mol. The Bertz CT molecular complexity index is 992. The molecule has 1 aliphatic heterocycles. The summed E-state index contributed by atoms with van der Waals surface area (Å²) in [7, 11) is 1.33. The predicted octanol–water partition coefficient (Wildman–Crippen LogP) is 5.71. The normalized spacial score (nSPS) is 11.5. The molecule has 1 heterocycles. The summed E-state index contributed by atoms with van der Waals surface area (Å²) in [4.78, 5) is 41.4. The van der Waals surface area contributed by atoms with Gasteiger partial charge < -0.3 is 28.8 Å². The van der Waals surface area contributed by atoms with Gasteiger partial charge in [0.25, 0.3) is 0 Å². The van der Waals surface area contributed by atoms with Crippen LogP contribution in [0.25, 0.3) is 6.08 Å². The number of esters is 4. The van der Waals surface area contributed by atoms with Gasteiger partial charge >= 0.3 is 23.9 Å². The maximum atomic E-state index is 10.7. The van der Waals surface area contributed by atoms with E-state index < -0.39 is 11.7 Å². The Morgan fingerprint density at radius 2 is 1.48 bits per heavy atom. The molecule has 1 saturated heterocycles. The van der Waals surface area contributed by atoms with Crippen LogP contribution in [0.1, 0.15) is 46.1 Å². The molecule has 234 valence electrons. The van der Waals surface area contributed by atoms with Gasteiger partial charge in [-0.2, -0.15) is 0 Å². The van der Waals surface area contributed by atoms with Gasteiger partial charge in [-0.15, -0.1) is 0 Å². The van der Waals surface area contributed by atoms with E-state index in [4.69, 9.17) is 14.6 Å². The van der Waals surface area contributed by atoms with Crippen LogP contribution in [0.5, 0.6) is 0 Å². The fourth-order valence-corrected chi connectivity index (χ4v) is 1.81. The zero-order valence-corrected chi connectivity index (χ0v) is 25.5. The van der Waals surface area contributed by atoms with E-state index in [0.717, 1.165) is 12.8 Å². The van der Waals surface area contributed by atoms with Crippen molar-refractivity contribution < 1.29 is 48.0 Å². The Morgan fingerprint density at radius 1 is 0.929 bits per heavy atom. The van der Waals surface area contributed by atoms with E-state index in [1.165, 1.54) is 18.7 Å². The molecule has 0 amide bonds. The summed E-state index contributed by atoms with van der Waals surface area (Å²) in [6.45, 7) is 25.4. The highest BCUT2D eigenvalue weighted by atomic mass is 16.6. The molecule has 0 aromatic heterocycles. The first-order chi connectivity index (χ1) is 19.8. The summed E-state index contributed by atoms with van der Waals surface area (Å²) in [6, 6.07) is 10.0. The van der Waals surface area contributed by atoms with Crippen LogP contribution in [0.15, 0.2) is 86.2 Å². The minimum absolute atomic E-state index is 0.142. The molecule has 1 unspecified atom stereocenters. The molecule has 0 spiro atoms. The number of hydrogen-bond donors (Lipinski definition) is 1. The van der Waals surface area contributed by atoms with Gasteiger partial charge in [0.05, 0.1) is 26.9 Å². The Balaban J connectivity index is -0.000000455. The summed E-state index contributed by atoms with van der Waals surface area (Å²) >= 11 is 0. The number of unbranched alkanes of at least 4 members (excludes halogenated alkanes) is 1. The van der Waals surface area contributed by atoms with Gasteiger partial charge in [0.2, 0.25) is 0 Å². The van der Waals surface area contributed by atoms with Crippen molar-refractivity contribution in [1.82, 2.24) is 0 Å². The van der Waals surface area contributed by atoms with Gasteiger partial charge in [-0.3, -0.25) is 0 Å². The van der Waals surface area contributed by atoms with Crippen molar-refractivity contribution in [3.8, 4) is 0 Å². The number of methoxy groups -OCH3 is 1. The van der Waals surface area contributed by atoms with Crippen LogP contribution >= 0.6 is 0 Å². The van der Waals surface area contributed by atoms with Crippen LogP contribution < -0.4 is 0 Å². The lowest BCUT2D eigenvalue weighted by atomic mass is 10.2. The number of benzene rings is 1. The summed E-state index contributed by atoms with van der Waals surface area (Å²) in [6.07, 6.45) is 5.13. The van der Waals surface area contributed by atoms with Crippen molar-refractivity contribution in [2.45, 2.75) is 46.6 Å². The number of aliphatic hydroxyl groups excluding tert-OH is 1. The van der Waals surface area contributed by atoms with Gasteiger partial charge in [-0.25, -0.2) is 19.2 Å². The molecular formula is C32H46O10. The van der Waals surface area contributed by atoms with Crippen LogP contribution in [-0.2, 0) is 42.9 Å². The van der Waals surface area contributed by atoms with E-state index in [-0.39, 0.29) is 30.6 Å². The second-order valence-electron chi connectivity index (χ2n) is 8.11. The first-order valence-corrected chi connectivity index (χ1v) is 13.0. The number of aliphatic hydroxyl groups is 1. The summed E-state index contributed by atoms with van der Waals surface area (Å²) in [5.74, 6) is -2.32. The van der Waals surface area contributed by atoms with E-state index in [1.54, 1.807) is 20.8 Å². The first-order valence-electron chi connectivity index (χ1n) is 13.0. The second-order valence-corrected chi connectivity index (χ2v) is 8.11. The number of hydrogen-bond acceptors (Lipinski definition) is 10. The molecule has 1 aromatic carbocycles. The third-order valence-electron chi connectivity index (χ3n) is 4.14. The quantitative estimate of drug-likeness (QED) is 0.0852. The Kier molecular flexibility index (Phi) is 28.1. The molecule has 10 nitrogen and oxygen atoms in total. The first kappa shape index (κ1) is 42.0. The third kappa shape index (κ3) is 30.1. The number of carbonyl (C=O) groups excluding carboxylic acids is 4. The van der Waals surface area contributed by atoms with E-state index in [0.29, 0.717) is 31.0 Å². The second kappa shape index (κ2) is 28.1. The van der Waals surface area contributed by atoms with Gasteiger partial charge in [0.1, 0.15) is 12.7 Å². The zero-order chi connectivity index (χ0) is 32.9. The third-order valence-corrected chi connectivity index (χ3v) is 4.14. The lowest BCUT2D eigenvalue weighted by molar-refractivity contribution is -0.141. The molecule has 1 atom stereocenters. The van der Waals surface area contributed by atoms with Crippen LogP contribution in [0.4, 0.5) is 0 Å². The van der Waals surface area contributed by atoms with Crippen molar-refractivity contribution in [3.05, 3.63) is 91.8 Å². The van der Waals surface area contributed by atoms with Crippen LogP contribution in [0.3, 0.4) is 0 Å². The fourth-order valence-electron chi connectivity index (χ4n) is 1.81. The van der Waals surface area contributed by atoms with Crippen LogP contribution in [0, 0.1) is 0 Å². The van der Waals surface area contributed by atoms with Gasteiger partial charge in [-0.05, 0) is 39.3 Å². The molecule has 1 fully saturated rings. The smallest absolute Gasteiger partial charge is 0.372 e. The number of epoxide rings is 1. The fraction of sp³-hybridized carbons (Fsp3) is 0.375. The molecule has 2 rings (SSSR count). The van der Waals surface area contributed by atoms with Crippen LogP contribution in [0.2, 0.25) is 0 Å². The average Bonchev–Trinajstić information content (AvgIpc) is 3.82. The summed E-state index contributed by atoms with van der Waals surface area (Å²) < 4.78 is 22.9. The molecule has 0 radical (unpaired) electrons. The molecule has 10 heteroatoms. The van der Waals surface area contributed by atoms with Crippen molar-refractivity contribution in [2.24, 2.45) is 0 Å². The highest BCUT2D eigenvalue weighted by Crippen LogP contribution is 2.09. The molecular weight excluding hydrogens is 544 g/mol.